The average Bonchev–Trinajstić information content (AvgIpc) is 2.84. The average molecular weight is 286 g/mol. The molecule has 1 aromatic heterocycles. The number of nitrogens with one attached hydrogen (secondary N) is 1. The number of nitrogens with two attached hydrogens (primary N) is 1. The lowest BCUT2D eigenvalue weighted by Gasteiger charge is -2.30. The summed E-state index contributed by atoms with van der Waals surface area (Å²) in [5, 5.41) is 4.09. The van der Waals surface area contributed by atoms with Crippen LogP contribution in [-0.2, 0) is 17.1 Å². The van der Waals surface area contributed by atoms with Gasteiger partial charge in [0.15, 0.2) is 5.03 Å². The monoisotopic (exact) mass is 286 g/mol. The van der Waals surface area contributed by atoms with Crippen molar-refractivity contribution in [1.82, 2.24) is 14.5 Å². The van der Waals surface area contributed by atoms with Gasteiger partial charge in [-0.15, -0.1) is 0 Å². The van der Waals surface area contributed by atoms with E-state index in [4.69, 9.17) is 5.73 Å². The van der Waals surface area contributed by atoms with E-state index < -0.39 is 10.0 Å². The van der Waals surface area contributed by atoms with Crippen LogP contribution < -0.4 is 10.5 Å². The summed E-state index contributed by atoms with van der Waals surface area (Å²) in [6.07, 6.45) is 6.00. The molecule has 1 heterocycles. The van der Waals surface area contributed by atoms with E-state index in [1.54, 1.807) is 7.05 Å². The molecule has 6 nitrogen and oxygen atoms in total. The summed E-state index contributed by atoms with van der Waals surface area (Å²) in [6, 6.07) is 1.50. The van der Waals surface area contributed by atoms with E-state index in [1.165, 1.54) is 23.4 Å². The summed E-state index contributed by atoms with van der Waals surface area (Å²) in [5.41, 5.74) is 5.76. The third-order valence-electron chi connectivity index (χ3n) is 3.96. The molecule has 19 heavy (non-hydrogen) atoms. The Morgan fingerprint density at radius 2 is 2.11 bits per heavy atom. The number of sulfonamides is 1. The summed E-state index contributed by atoms with van der Waals surface area (Å²) < 4.78 is 28.4. The van der Waals surface area contributed by atoms with Crippen LogP contribution in [0.1, 0.15) is 25.7 Å². The molecule has 1 aliphatic carbocycles. The Kier molecular flexibility index (Phi) is 4.59. The van der Waals surface area contributed by atoms with Crippen molar-refractivity contribution in [2.24, 2.45) is 24.6 Å². The first-order chi connectivity index (χ1) is 9.04. The Balaban J connectivity index is 2.00. The number of hydrogen-bond acceptors (Lipinski definition) is 4. The zero-order valence-electron chi connectivity index (χ0n) is 11.2. The molecule has 0 amide bonds. The Bertz CT molecular complexity index is 512. The van der Waals surface area contributed by atoms with Crippen LogP contribution in [0.5, 0.6) is 0 Å². The van der Waals surface area contributed by atoms with Gasteiger partial charge < -0.3 is 5.73 Å². The van der Waals surface area contributed by atoms with E-state index in [9.17, 15) is 8.42 Å². The molecule has 108 valence electrons. The van der Waals surface area contributed by atoms with E-state index in [1.807, 2.05) is 0 Å². The number of aromatic nitrogens is 2. The van der Waals surface area contributed by atoms with Gasteiger partial charge in [0.1, 0.15) is 0 Å². The number of hydrogen-bond donors (Lipinski definition) is 2. The van der Waals surface area contributed by atoms with Crippen LogP contribution >= 0.6 is 0 Å². The van der Waals surface area contributed by atoms with E-state index in [0.717, 1.165) is 19.3 Å². The van der Waals surface area contributed by atoms with Crippen molar-refractivity contribution in [2.45, 2.75) is 30.7 Å². The van der Waals surface area contributed by atoms with Crippen LogP contribution in [0.4, 0.5) is 0 Å². The normalized spacial score (nSPS) is 24.5. The van der Waals surface area contributed by atoms with Gasteiger partial charge in [0.05, 0.1) is 6.20 Å². The van der Waals surface area contributed by atoms with Gasteiger partial charge in [0, 0.05) is 13.6 Å². The Labute approximate surface area is 114 Å². The lowest BCUT2D eigenvalue weighted by Crippen LogP contribution is -2.37. The van der Waals surface area contributed by atoms with Crippen molar-refractivity contribution in [1.29, 1.82) is 0 Å². The van der Waals surface area contributed by atoms with Gasteiger partial charge in [0.2, 0.25) is 0 Å². The summed E-state index contributed by atoms with van der Waals surface area (Å²) in [7, 11) is -1.85. The highest BCUT2D eigenvalue weighted by molar-refractivity contribution is 7.89. The minimum Gasteiger partial charge on any atom is -0.330 e. The molecule has 0 aliphatic heterocycles. The highest BCUT2D eigenvalue weighted by Crippen LogP contribution is 2.29. The standard InChI is InChI=1S/C12H22N4O2S/c1-16-12(6-7-14-16)19(17,18)15-9-11-5-3-2-4-10(11)8-13/h6-7,10-11,15H,2-5,8-9,13H2,1H3. The third-order valence-corrected chi connectivity index (χ3v) is 5.45. The maximum Gasteiger partial charge on any atom is 0.257 e. The molecule has 0 saturated heterocycles. The molecule has 3 N–H and O–H groups in total. The molecule has 1 aliphatic rings. The predicted octanol–water partition coefficient (Wildman–Crippen LogP) is 0.464. The summed E-state index contributed by atoms with van der Waals surface area (Å²) in [5.74, 6) is 0.782. The second-order valence-corrected chi connectivity index (χ2v) is 6.90. The topological polar surface area (TPSA) is 90.0 Å². The van der Waals surface area contributed by atoms with Gasteiger partial charge in [0.25, 0.3) is 10.0 Å². The van der Waals surface area contributed by atoms with Gasteiger partial charge in [-0.1, -0.05) is 12.8 Å². The van der Waals surface area contributed by atoms with E-state index in [-0.39, 0.29) is 5.03 Å². The van der Waals surface area contributed by atoms with Crippen LogP contribution in [0.2, 0.25) is 0 Å². The fourth-order valence-electron chi connectivity index (χ4n) is 2.78. The molecular weight excluding hydrogens is 264 g/mol. The van der Waals surface area contributed by atoms with Crippen molar-refractivity contribution in [3.05, 3.63) is 12.3 Å². The maximum atomic E-state index is 12.1. The molecule has 0 spiro atoms. The smallest absolute Gasteiger partial charge is 0.257 e. The largest absolute Gasteiger partial charge is 0.330 e. The molecule has 1 saturated carbocycles. The van der Waals surface area contributed by atoms with Gasteiger partial charge in [-0.2, -0.15) is 5.10 Å². The summed E-state index contributed by atoms with van der Waals surface area (Å²) in [4.78, 5) is 0. The molecule has 0 radical (unpaired) electrons. The lowest BCUT2D eigenvalue weighted by atomic mass is 9.79. The van der Waals surface area contributed by atoms with Crippen LogP contribution in [0, 0.1) is 11.8 Å². The molecular formula is C12H22N4O2S. The third kappa shape index (κ3) is 3.34. The molecule has 7 heteroatoms. The molecule has 1 fully saturated rings. The molecule has 2 rings (SSSR count). The Hall–Kier alpha value is -0.920. The minimum absolute atomic E-state index is 0.201. The van der Waals surface area contributed by atoms with E-state index >= 15 is 0 Å². The maximum absolute atomic E-state index is 12.1. The Morgan fingerprint density at radius 1 is 1.42 bits per heavy atom. The van der Waals surface area contributed by atoms with Gasteiger partial charge in [-0.05, 0) is 37.3 Å². The fourth-order valence-corrected chi connectivity index (χ4v) is 4.00. The molecule has 2 unspecified atom stereocenters. The van der Waals surface area contributed by atoms with Gasteiger partial charge in [-0.3, -0.25) is 4.68 Å². The second kappa shape index (κ2) is 6.02. The zero-order valence-corrected chi connectivity index (χ0v) is 12.1. The summed E-state index contributed by atoms with van der Waals surface area (Å²) in [6.45, 7) is 1.10. The van der Waals surface area contributed by atoms with E-state index in [0.29, 0.717) is 24.9 Å². The lowest BCUT2D eigenvalue weighted by molar-refractivity contribution is 0.244. The minimum atomic E-state index is -3.47. The number of nitrogens with zero attached hydrogens (tertiary/aromatic N) is 2. The van der Waals surface area contributed by atoms with Crippen molar-refractivity contribution in [3.63, 3.8) is 0 Å². The quantitative estimate of drug-likeness (QED) is 0.823. The van der Waals surface area contributed by atoms with Crippen LogP contribution in [0.3, 0.4) is 0 Å². The Morgan fingerprint density at radius 3 is 2.68 bits per heavy atom. The zero-order chi connectivity index (χ0) is 13.9. The predicted molar refractivity (Wildman–Crippen MR) is 72.9 cm³/mol. The molecule has 0 bridgehead atoms. The van der Waals surface area contributed by atoms with Crippen LogP contribution in [0.15, 0.2) is 17.3 Å². The van der Waals surface area contributed by atoms with E-state index in [2.05, 4.69) is 9.82 Å². The van der Waals surface area contributed by atoms with Crippen molar-refractivity contribution < 1.29 is 8.42 Å². The van der Waals surface area contributed by atoms with Crippen LogP contribution in [-0.4, -0.2) is 31.3 Å². The molecule has 2 atom stereocenters. The highest BCUT2D eigenvalue weighted by atomic mass is 32.2. The highest BCUT2D eigenvalue weighted by Gasteiger charge is 2.26. The number of rotatable bonds is 5. The molecule has 1 aromatic rings. The fraction of sp³-hybridized carbons (Fsp3) is 0.750. The van der Waals surface area contributed by atoms with Crippen molar-refractivity contribution in [3.8, 4) is 0 Å². The number of aryl methyl sites for hydroxylation is 1. The van der Waals surface area contributed by atoms with Gasteiger partial charge in [-0.25, -0.2) is 13.1 Å². The molecule has 0 aromatic carbocycles. The van der Waals surface area contributed by atoms with Crippen LogP contribution in [0.25, 0.3) is 0 Å². The van der Waals surface area contributed by atoms with Crippen molar-refractivity contribution in [2.75, 3.05) is 13.1 Å². The second-order valence-electron chi connectivity index (χ2n) is 5.19. The first-order valence-electron chi connectivity index (χ1n) is 6.72. The first kappa shape index (κ1) is 14.5. The van der Waals surface area contributed by atoms with Crippen molar-refractivity contribution >= 4 is 10.0 Å². The first-order valence-corrected chi connectivity index (χ1v) is 8.20. The summed E-state index contributed by atoms with van der Waals surface area (Å²) >= 11 is 0. The SMILES string of the molecule is Cn1nccc1S(=O)(=O)NCC1CCCCC1CN. The van der Waals surface area contributed by atoms with Gasteiger partial charge >= 0.3 is 0 Å².